The van der Waals surface area contributed by atoms with E-state index in [0.717, 1.165) is 19.4 Å². The zero-order valence-electron chi connectivity index (χ0n) is 35.0. The number of nitrogens with one attached hydrogen (secondary N) is 1. The molecule has 2 bridgehead atoms. The highest BCUT2D eigenvalue weighted by Crippen LogP contribution is 2.64. The van der Waals surface area contributed by atoms with Gasteiger partial charge in [0.25, 0.3) is 0 Å². The number of carbonyl (C=O) groups excluding carboxylic acids is 6. The molecule has 16 heteroatoms. The minimum Gasteiger partial charge on any atom is -0.456 e. The predicted molar refractivity (Wildman–Crippen MR) is 211 cm³/mol. The highest BCUT2D eigenvalue weighted by atomic mass is 16.6. The predicted octanol–water partition coefficient (Wildman–Crippen LogP) is 3.27. The minimum absolute atomic E-state index is 0.0104. The SMILES string of the molecule is CC(=O)OC1C(=O)[C@]2(C)C(O)CC3OC[C@@]3(OC(C)=O)C2C(OC(=O)c2ccccc2)C2(O)CC(OC(=O)C(O)C(NC(=O)OCc3ccccc3)C3CC3)C(C)=C1C2(C)C. The molecule has 2 aromatic rings. The number of ether oxygens (including phenoxy) is 6. The first-order chi connectivity index (χ1) is 28.8. The lowest BCUT2D eigenvalue weighted by Crippen LogP contribution is -2.82. The van der Waals surface area contributed by atoms with Gasteiger partial charge in [0, 0.05) is 32.1 Å². The van der Waals surface area contributed by atoms with Gasteiger partial charge in [0.1, 0.15) is 30.5 Å². The van der Waals surface area contributed by atoms with Crippen molar-refractivity contribution in [2.24, 2.45) is 22.7 Å². The van der Waals surface area contributed by atoms with Gasteiger partial charge in [0.05, 0.1) is 35.6 Å². The largest absolute Gasteiger partial charge is 0.456 e. The number of Topliss-reactive ketones (excluding diaryl/α,β-unsaturated/α-hetero) is 1. The topological polar surface area (TPSA) is 231 Å². The molecule has 7 rings (SSSR count). The summed E-state index contributed by atoms with van der Waals surface area (Å²) in [7, 11) is 0. The zero-order chi connectivity index (χ0) is 44.2. The van der Waals surface area contributed by atoms with Gasteiger partial charge in [-0.3, -0.25) is 14.4 Å². The highest BCUT2D eigenvalue weighted by molar-refractivity contribution is 5.95. The Kier molecular flexibility index (Phi) is 11.7. The first-order valence-corrected chi connectivity index (χ1v) is 20.5. The molecule has 1 amide bonds. The minimum atomic E-state index is -2.37. The van der Waals surface area contributed by atoms with Crippen LogP contribution in [-0.4, -0.2) is 112 Å². The molecule has 9 unspecified atom stereocenters. The van der Waals surface area contributed by atoms with E-state index in [4.69, 9.17) is 28.4 Å². The highest BCUT2D eigenvalue weighted by Gasteiger charge is 2.78. The third-order valence-electron chi connectivity index (χ3n) is 13.7. The van der Waals surface area contributed by atoms with Crippen LogP contribution in [0.25, 0.3) is 0 Å². The molecule has 61 heavy (non-hydrogen) atoms. The number of esters is 4. The van der Waals surface area contributed by atoms with Crippen molar-refractivity contribution in [2.45, 2.75) is 128 Å². The summed E-state index contributed by atoms with van der Waals surface area (Å²) in [4.78, 5) is 82.5. The summed E-state index contributed by atoms with van der Waals surface area (Å²) < 4.78 is 35.5. The maximum atomic E-state index is 15.4. The lowest BCUT2D eigenvalue weighted by Gasteiger charge is -2.67. The summed E-state index contributed by atoms with van der Waals surface area (Å²) >= 11 is 0. The van der Waals surface area contributed by atoms with Crippen molar-refractivity contribution in [3.05, 3.63) is 82.9 Å². The molecule has 1 heterocycles. The van der Waals surface area contributed by atoms with Crippen molar-refractivity contribution in [3.8, 4) is 0 Å². The first kappa shape index (κ1) is 43.9. The van der Waals surface area contributed by atoms with E-state index >= 15 is 4.79 Å². The molecular formula is C45H53NO15. The Hall–Kier alpha value is -5.16. The standard InChI is InChI=1S/C45H53NO15/c1-23-29(59-40(53)34(50)33(27-17-18-27)46-41(54)56-21-26-13-9-7-10-14-26)20-45(55)38(60-39(52)28-15-11-8-12-16-28)36-43(6,30(49)19-31-44(36,22-57-31)61-25(3)48)37(51)35(58-24(2)47)32(23)42(45,4)5/h7-16,27,29-31,33-36,38,49-50,55H,17-22H2,1-6H3,(H,46,54)/t29?,30?,31?,33?,34?,35?,36?,38?,43-,44+,45?/m1/s1. The molecule has 2 aromatic carbocycles. The number of amides is 1. The van der Waals surface area contributed by atoms with Gasteiger partial charge in [-0.05, 0) is 61.4 Å². The Bertz CT molecular complexity index is 2100. The fraction of sp³-hybridized carbons (Fsp3) is 0.556. The Labute approximate surface area is 352 Å². The summed E-state index contributed by atoms with van der Waals surface area (Å²) in [6.07, 6.45) is -9.96. The third-order valence-corrected chi connectivity index (χ3v) is 13.7. The van der Waals surface area contributed by atoms with E-state index in [1.165, 1.54) is 26.0 Å². The molecule has 3 saturated carbocycles. The number of aliphatic hydroxyl groups excluding tert-OH is 2. The van der Waals surface area contributed by atoms with Gasteiger partial charge < -0.3 is 49.1 Å². The van der Waals surface area contributed by atoms with Gasteiger partial charge in [-0.25, -0.2) is 14.4 Å². The van der Waals surface area contributed by atoms with Crippen LogP contribution in [0.3, 0.4) is 0 Å². The van der Waals surface area contributed by atoms with Crippen LogP contribution >= 0.6 is 0 Å². The molecule has 0 radical (unpaired) electrons. The Morgan fingerprint density at radius 2 is 1.56 bits per heavy atom. The average Bonchev–Trinajstić information content (AvgIpc) is 4.06. The second-order valence-electron chi connectivity index (χ2n) is 17.7. The van der Waals surface area contributed by atoms with Crippen molar-refractivity contribution < 1.29 is 72.5 Å². The molecule has 0 aromatic heterocycles. The normalized spacial score (nSPS) is 33.4. The van der Waals surface area contributed by atoms with Crippen molar-refractivity contribution in [2.75, 3.05) is 6.61 Å². The zero-order valence-corrected chi connectivity index (χ0v) is 35.0. The van der Waals surface area contributed by atoms with E-state index in [-0.39, 0.29) is 42.3 Å². The number of rotatable bonds is 11. The van der Waals surface area contributed by atoms with Crippen LogP contribution in [0, 0.1) is 22.7 Å². The van der Waals surface area contributed by atoms with Crippen LogP contribution < -0.4 is 5.32 Å². The van der Waals surface area contributed by atoms with E-state index in [0.29, 0.717) is 12.8 Å². The van der Waals surface area contributed by atoms with E-state index < -0.39 is 113 Å². The summed E-state index contributed by atoms with van der Waals surface area (Å²) in [5.74, 6) is -6.44. The van der Waals surface area contributed by atoms with Gasteiger partial charge in [-0.15, -0.1) is 0 Å². The molecule has 4 fully saturated rings. The monoisotopic (exact) mass is 847 g/mol. The molecule has 4 N–H and O–H groups in total. The van der Waals surface area contributed by atoms with Gasteiger partial charge >= 0.3 is 30.0 Å². The van der Waals surface area contributed by atoms with E-state index in [9.17, 15) is 39.3 Å². The van der Waals surface area contributed by atoms with E-state index in [1.54, 1.807) is 56.3 Å². The maximum absolute atomic E-state index is 15.4. The van der Waals surface area contributed by atoms with Gasteiger partial charge in [0.15, 0.2) is 23.6 Å². The smallest absolute Gasteiger partial charge is 0.407 e. The molecule has 0 spiro atoms. The van der Waals surface area contributed by atoms with Crippen molar-refractivity contribution in [1.29, 1.82) is 0 Å². The summed E-state index contributed by atoms with van der Waals surface area (Å²) in [5.41, 5.74) is -6.82. The molecule has 328 valence electrons. The quantitative estimate of drug-likeness (QED) is 0.145. The fourth-order valence-electron chi connectivity index (χ4n) is 10.2. The molecule has 16 nitrogen and oxygen atoms in total. The Morgan fingerprint density at radius 3 is 2.13 bits per heavy atom. The molecule has 1 saturated heterocycles. The number of hydrogen-bond donors (Lipinski definition) is 4. The van der Waals surface area contributed by atoms with Crippen LogP contribution in [0.15, 0.2) is 71.8 Å². The second kappa shape index (κ2) is 16.3. The van der Waals surface area contributed by atoms with E-state index in [1.807, 2.05) is 6.07 Å². The first-order valence-electron chi connectivity index (χ1n) is 20.5. The summed E-state index contributed by atoms with van der Waals surface area (Å²) in [6, 6.07) is 15.7. The molecule has 1 aliphatic heterocycles. The summed E-state index contributed by atoms with van der Waals surface area (Å²) in [5, 5.41) is 39.7. The third kappa shape index (κ3) is 7.61. The van der Waals surface area contributed by atoms with Crippen molar-refractivity contribution in [1.82, 2.24) is 5.32 Å². The maximum Gasteiger partial charge on any atom is 0.407 e. The average molecular weight is 848 g/mol. The number of alkyl carbamates (subject to hydrolysis) is 1. The van der Waals surface area contributed by atoms with Crippen LogP contribution in [0.1, 0.15) is 83.1 Å². The molecule has 4 aliphatic carbocycles. The van der Waals surface area contributed by atoms with Gasteiger partial charge in [-0.1, -0.05) is 62.4 Å². The summed E-state index contributed by atoms with van der Waals surface area (Å²) in [6.45, 7) is 7.94. The van der Waals surface area contributed by atoms with Crippen LogP contribution in [0.2, 0.25) is 0 Å². The van der Waals surface area contributed by atoms with E-state index in [2.05, 4.69) is 5.32 Å². The van der Waals surface area contributed by atoms with Gasteiger partial charge in [0.2, 0.25) is 0 Å². The number of ketones is 1. The van der Waals surface area contributed by atoms with Crippen LogP contribution in [-0.2, 0) is 54.2 Å². The Morgan fingerprint density at radius 1 is 0.918 bits per heavy atom. The van der Waals surface area contributed by atoms with Gasteiger partial charge in [-0.2, -0.15) is 0 Å². The lowest BCUT2D eigenvalue weighted by atomic mass is 9.44. The van der Waals surface area contributed by atoms with Crippen molar-refractivity contribution in [3.63, 3.8) is 0 Å². The number of carbonyl (C=O) groups is 6. The molecular weight excluding hydrogens is 794 g/mol. The van der Waals surface area contributed by atoms with Crippen LogP contribution in [0.5, 0.6) is 0 Å². The fourth-order valence-corrected chi connectivity index (χ4v) is 10.2. The van der Waals surface area contributed by atoms with Crippen molar-refractivity contribution >= 4 is 35.8 Å². The second-order valence-corrected chi connectivity index (χ2v) is 17.7. The Balaban J connectivity index is 1.32. The molecule has 11 atom stereocenters. The number of benzene rings is 2. The lowest BCUT2D eigenvalue weighted by molar-refractivity contribution is -0.346. The number of aliphatic hydroxyl groups is 3. The molecule has 5 aliphatic rings. The number of hydrogen-bond acceptors (Lipinski definition) is 15. The number of fused-ring (bicyclic) bond motifs is 5. The van der Waals surface area contributed by atoms with Crippen LogP contribution in [0.4, 0.5) is 4.79 Å².